The molecule has 0 bridgehead atoms. The van der Waals surface area contributed by atoms with Crippen molar-refractivity contribution in [1.82, 2.24) is 14.9 Å². The number of ether oxygens (including phenoxy) is 2. The molecule has 6 nitrogen and oxygen atoms in total. The third-order valence-corrected chi connectivity index (χ3v) is 7.90. The summed E-state index contributed by atoms with van der Waals surface area (Å²) in [6.07, 6.45) is 1.83. The Balaban J connectivity index is 1.38. The Labute approximate surface area is 246 Å². The lowest BCUT2D eigenvalue weighted by atomic mass is 9.96. The number of aromatic nitrogens is 2. The van der Waals surface area contributed by atoms with Crippen molar-refractivity contribution in [1.29, 1.82) is 0 Å². The Morgan fingerprint density at radius 3 is 2.05 bits per heavy atom. The van der Waals surface area contributed by atoms with Gasteiger partial charge in [0.25, 0.3) is 0 Å². The van der Waals surface area contributed by atoms with E-state index in [0.717, 1.165) is 34.3 Å². The van der Waals surface area contributed by atoms with Crippen LogP contribution < -0.4 is 19.7 Å². The van der Waals surface area contributed by atoms with Crippen LogP contribution >= 0.6 is 12.2 Å². The SMILES string of the molecule is COc1ccc(Oc2ccc(N3C(=S)N[C@H](c4ccccn4)[C@@H]3c3cc(C)n(-c4ccc(C)cc4)c3C)cc2)cc1. The molecule has 3 heterocycles. The van der Waals surface area contributed by atoms with Crippen LogP contribution in [-0.4, -0.2) is 21.8 Å². The molecule has 2 aromatic heterocycles. The zero-order valence-electron chi connectivity index (χ0n) is 23.5. The molecule has 1 aliphatic rings. The normalized spacial score (nSPS) is 16.5. The number of benzene rings is 3. The summed E-state index contributed by atoms with van der Waals surface area (Å²) < 4.78 is 13.7. The molecule has 5 aromatic rings. The maximum absolute atomic E-state index is 6.08. The standard InChI is InChI=1S/C34H32N4O2S/c1-22-8-10-25(11-9-22)37-23(2)21-30(24(37)3)33-32(31-7-5-6-20-35-31)36-34(41)38(33)26-12-14-28(15-13-26)40-29-18-16-27(39-4)17-19-29/h5-21,32-33H,1-4H3,(H,36,41)/t32-,33+/m1/s1. The molecule has 6 rings (SSSR count). The van der Waals surface area contributed by atoms with Crippen molar-refractivity contribution in [2.24, 2.45) is 0 Å². The number of nitrogens with zero attached hydrogens (tertiary/aromatic N) is 3. The minimum absolute atomic E-state index is 0.101. The van der Waals surface area contributed by atoms with Crippen LogP contribution in [0.25, 0.3) is 5.69 Å². The Bertz CT molecular complexity index is 1660. The fraction of sp³-hybridized carbons (Fsp3) is 0.176. The second-order valence-corrected chi connectivity index (χ2v) is 10.7. The monoisotopic (exact) mass is 560 g/mol. The van der Waals surface area contributed by atoms with Crippen LogP contribution in [-0.2, 0) is 0 Å². The summed E-state index contributed by atoms with van der Waals surface area (Å²) in [7, 11) is 1.65. The lowest BCUT2D eigenvalue weighted by Gasteiger charge is -2.28. The van der Waals surface area contributed by atoms with Gasteiger partial charge in [0, 0.05) is 29.0 Å². The molecule has 1 fully saturated rings. The maximum atomic E-state index is 6.08. The number of hydrogen-bond donors (Lipinski definition) is 1. The van der Waals surface area contributed by atoms with E-state index in [0.29, 0.717) is 5.11 Å². The number of rotatable bonds is 7. The molecule has 1 aliphatic heterocycles. The smallest absolute Gasteiger partial charge is 0.174 e. The van der Waals surface area contributed by atoms with Gasteiger partial charge < -0.3 is 24.3 Å². The molecule has 0 saturated carbocycles. The molecule has 3 aromatic carbocycles. The van der Waals surface area contributed by atoms with Crippen LogP contribution in [0.5, 0.6) is 17.2 Å². The molecule has 0 radical (unpaired) electrons. The van der Waals surface area contributed by atoms with Gasteiger partial charge in [-0.25, -0.2) is 0 Å². The van der Waals surface area contributed by atoms with E-state index < -0.39 is 0 Å². The van der Waals surface area contributed by atoms with E-state index in [2.05, 4.69) is 84.1 Å². The third kappa shape index (κ3) is 5.16. The van der Waals surface area contributed by atoms with Crippen molar-refractivity contribution in [3.05, 3.63) is 131 Å². The second-order valence-electron chi connectivity index (χ2n) is 10.3. The first-order valence-corrected chi connectivity index (χ1v) is 14.0. The van der Waals surface area contributed by atoms with Crippen molar-refractivity contribution in [2.45, 2.75) is 32.9 Å². The second kappa shape index (κ2) is 11.1. The summed E-state index contributed by atoms with van der Waals surface area (Å²) in [5.74, 6) is 2.28. The van der Waals surface area contributed by atoms with Crippen LogP contribution in [0.15, 0.2) is 103 Å². The minimum Gasteiger partial charge on any atom is -0.497 e. The van der Waals surface area contributed by atoms with E-state index in [1.165, 1.54) is 22.5 Å². The first-order chi connectivity index (χ1) is 19.9. The molecule has 0 aliphatic carbocycles. The van der Waals surface area contributed by atoms with Gasteiger partial charge in [0.05, 0.1) is 24.9 Å². The zero-order valence-corrected chi connectivity index (χ0v) is 24.4. The Hall–Kier alpha value is -4.62. The Morgan fingerprint density at radius 1 is 0.780 bits per heavy atom. The molecule has 0 unspecified atom stereocenters. The Morgan fingerprint density at radius 2 is 1.41 bits per heavy atom. The first kappa shape index (κ1) is 26.6. The lowest BCUT2D eigenvalue weighted by Crippen LogP contribution is -2.29. The predicted octanol–water partition coefficient (Wildman–Crippen LogP) is 7.78. The van der Waals surface area contributed by atoms with Gasteiger partial charge in [-0.05, 0) is 117 Å². The van der Waals surface area contributed by atoms with Crippen molar-refractivity contribution >= 4 is 23.0 Å². The van der Waals surface area contributed by atoms with Crippen LogP contribution in [0.1, 0.15) is 40.3 Å². The molecular formula is C34H32N4O2S. The van der Waals surface area contributed by atoms with E-state index in [1.54, 1.807) is 7.11 Å². The summed E-state index contributed by atoms with van der Waals surface area (Å²) >= 11 is 5.97. The van der Waals surface area contributed by atoms with Gasteiger partial charge in [-0.3, -0.25) is 4.98 Å². The number of aryl methyl sites for hydroxylation is 2. The zero-order chi connectivity index (χ0) is 28.5. The fourth-order valence-electron chi connectivity index (χ4n) is 5.58. The Kier molecular flexibility index (Phi) is 7.20. The molecule has 0 spiro atoms. The number of pyridine rings is 1. The van der Waals surface area contributed by atoms with E-state index in [1.807, 2.05) is 54.7 Å². The van der Waals surface area contributed by atoms with Crippen molar-refractivity contribution in [3.63, 3.8) is 0 Å². The molecule has 2 atom stereocenters. The summed E-state index contributed by atoms with van der Waals surface area (Å²) in [6.45, 7) is 6.45. The van der Waals surface area contributed by atoms with Crippen molar-refractivity contribution < 1.29 is 9.47 Å². The average Bonchev–Trinajstić information content (AvgIpc) is 3.49. The van der Waals surface area contributed by atoms with Gasteiger partial charge in [0.15, 0.2) is 5.11 Å². The number of methoxy groups -OCH3 is 1. The van der Waals surface area contributed by atoms with E-state index >= 15 is 0 Å². The van der Waals surface area contributed by atoms with Gasteiger partial charge in [-0.15, -0.1) is 0 Å². The van der Waals surface area contributed by atoms with Gasteiger partial charge in [-0.2, -0.15) is 0 Å². The van der Waals surface area contributed by atoms with Gasteiger partial charge in [0.2, 0.25) is 0 Å². The lowest BCUT2D eigenvalue weighted by molar-refractivity contribution is 0.413. The average molecular weight is 561 g/mol. The van der Waals surface area contributed by atoms with Crippen LogP contribution in [0.4, 0.5) is 5.69 Å². The van der Waals surface area contributed by atoms with Gasteiger partial charge in [-0.1, -0.05) is 23.8 Å². The van der Waals surface area contributed by atoms with Crippen molar-refractivity contribution in [2.75, 3.05) is 12.0 Å². The van der Waals surface area contributed by atoms with Crippen LogP contribution in [0, 0.1) is 20.8 Å². The minimum atomic E-state index is -0.120. The maximum Gasteiger partial charge on any atom is 0.174 e. The number of thiocarbonyl (C=S) groups is 1. The quantitative estimate of drug-likeness (QED) is 0.205. The fourth-order valence-corrected chi connectivity index (χ4v) is 5.93. The molecule has 1 saturated heterocycles. The first-order valence-electron chi connectivity index (χ1n) is 13.6. The third-order valence-electron chi connectivity index (χ3n) is 7.59. The summed E-state index contributed by atoms with van der Waals surface area (Å²) in [5.41, 5.74) is 7.85. The highest BCUT2D eigenvalue weighted by Gasteiger charge is 2.42. The van der Waals surface area contributed by atoms with Gasteiger partial charge in [0.1, 0.15) is 17.2 Å². The van der Waals surface area contributed by atoms with Crippen LogP contribution in [0.2, 0.25) is 0 Å². The number of hydrogen-bond acceptors (Lipinski definition) is 4. The van der Waals surface area contributed by atoms with Gasteiger partial charge >= 0.3 is 0 Å². The molecule has 0 amide bonds. The van der Waals surface area contributed by atoms with Crippen molar-refractivity contribution in [3.8, 4) is 22.9 Å². The molecule has 206 valence electrons. The summed E-state index contributed by atoms with van der Waals surface area (Å²) in [4.78, 5) is 6.92. The van der Waals surface area contributed by atoms with E-state index in [-0.39, 0.29) is 12.1 Å². The number of anilines is 1. The number of nitrogens with one attached hydrogen (secondary N) is 1. The van der Waals surface area contributed by atoms with Crippen LogP contribution in [0.3, 0.4) is 0 Å². The molecule has 1 N–H and O–H groups in total. The summed E-state index contributed by atoms with van der Waals surface area (Å²) in [5, 5.41) is 4.24. The molecule has 41 heavy (non-hydrogen) atoms. The largest absolute Gasteiger partial charge is 0.497 e. The molecule has 7 heteroatoms. The van der Waals surface area contributed by atoms with E-state index in [9.17, 15) is 0 Å². The summed E-state index contributed by atoms with van der Waals surface area (Å²) in [6, 6.07) is 32.3. The van der Waals surface area contributed by atoms with E-state index in [4.69, 9.17) is 26.7 Å². The highest BCUT2D eigenvalue weighted by atomic mass is 32.1. The highest BCUT2D eigenvalue weighted by molar-refractivity contribution is 7.80. The topological polar surface area (TPSA) is 51.6 Å². The molecular weight excluding hydrogens is 528 g/mol. The predicted molar refractivity (Wildman–Crippen MR) is 167 cm³/mol. The highest BCUT2D eigenvalue weighted by Crippen LogP contribution is 2.44.